The van der Waals surface area contributed by atoms with E-state index in [-0.39, 0.29) is 0 Å². The molecule has 0 fully saturated rings. The van der Waals surface area contributed by atoms with E-state index in [1.54, 1.807) is 0 Å². The molecule has 0 radical (unpaired) electrons. The van der Waals surface area contributed by atoms with Gasteiger partial charge < -0.3 is 9.59 Å². The van der Waals surface area contributed by atoms with Crippen LogP contribution in [0.15, 0.2) is 0 Å². The van der Waals surface area contributed by atoms with Crippen molar-refractivity contribution in [2.45, 2.75) is 220 Å². The Labute approximate surface area is 266 Å². The number of hydrogen-bond donors (Lipinski definition) is 1. The Morgan fingerprint density at radius 2 is 0.571 bits per heavy atom. The second-order valence-electron chi connectivity index (χ2n) is 13.9. The summed E-state index contributed by atoms with van der Waals surface area (Å²) in [7, 11) is 0. The maximum Gasteiger partial charge on any atom is 0.303 e. The minimum atomic E-state index is -0.647. The van der Waals surface area contributed by atoms with Gasteiger partial charge in [-0.05, 0) is 57.8 Å². The van der Waals surface area contributed by atoms with Crippen LogP contribution in [0.1, 0.15) is 220 Å². The van der Waals surface area contributed by atoms with Crippen LogP contribution >= 0.6 is 0 Å². The van der Waals surface area contributed by atoms with Gasteiger partial charge in [0, 0.05) is 6.42 Å². The molecule has 0 aliphatic heterocycles. The fraction of sp³-hybridized carbons (Fsp3) is 0.974. The molecule has 1 N–H and O–H groups in total. The second-order valence-corrected chi connectivity index (χ2v) is 13.9. The molecule has 0 aliphatic carbocycles. The number of quaternary nitrogens is 1. The summed E-state index contributed by atoms with van der Waals surface area (Å²) in [6.45, 7) is 12.9. The van der Waals surface area contributed by atoms with Gasteiger partial charge in [-0.25, -0.2) is 0 Å². The smallest absolute Gasteiger partial charge is 0.303 e. The summed E-state index contributed by atoms with van der Waals surface area (Å²) >= 11 is 0. The Morgan fingerprint density at radius 3 is 0.810 bits per heavy atom. The molecule has 0 aromatic carbocycles. The lowest BCUT2D eigenvalue weighted by Gasteiger charge is -2.39. The predicted molar refractivity (Wildman–Crippen MR) is 188 cm³/mol. The van der Waals surface area contributed by atoms with Crippen LogP contribution in [-0.2, 0) is 4.79 Å². The summed E-state index contributed by atoms with van der Waals surface area (Å²) in [6.07, 6.45) is 41.8. The molecule has 0 rings (SSSR count). The zero-order valence-corrected chi connectivity index (χ0v) is 29.6. The number of unbranched alkanes of at least 4 members (excludes halogenated alkanes) is 26. The average molecular weight is 595 g/mol. The topological polar surface area (TPSA) is 37.3 Å². The second kappa shape index (κ2) is 33.3. The van der Waals surface area contributed by atoms with Crippen molar-refractivity contribution in [1.82, 2.24) is 0 Å². The van der Waals surface area contributed by atoms with Crippen LogP contribution in [0.2, 0.25) is 0 Å². The van der Waals surface area contributed by atoms with Crippen molar-refractivity contribution >= 4 is 5.97 Å². The number of hydrogen-bond acceptors (Lipinski definition) is 1. The summed E-state index contributed by atoms with van der Waals surface area (Å²) in [6, 6.07) is 0. The molecule has 0 saturated heterocycles. The van der Waals surface area contributed by atoms with Crippen LogP contribution in [-0.4, -0.2) is 41.7 Å². The molecule has 0 spiro atoms. The van der Waals surface area contributed by atoms with Gasteiger partial charge >= 0.3 is 5.97 Å². The molecule has 252 valence electrons. The molecule has 0 heterocycles. The third kappa shape index (κ3) is 29.5. The summed E-state index contributed by atoms with van der Waals surface area (Å²) in [5.74, 6) is -0.647. The lowest BCUT2D eigenvalue weighted by molar-refractivity contribution is -0.929. The van der Waals surface area contributed by atoms with Crippen LogP contribution in [0.5, 0.6) is 0 Å². The van der Waals surface area contributed by atoms with Crippen molar-refractivity contribution in [3.8, 4) is 0 Å². The zero-order chi connectivity index (χ0) is 30.8. The van der Waals surface area contributed by atoms with E-state index in [0.29, 0.717) is 6.42 Å². The molecular weight excluding hydrogens is 514 g/mol. The van der Waals surface area contributed by atoms with E-state index in [1.807, 2.05) is 0 Å². The Kier molecular flexibility index (Phi) is 32.9. The lowest BCUT2D eigenvalue weighted by atomic mass is 10.0. The number of carbonyl (C=O) groups is 1. The first kappa shape index (κ1) is 41.4. The van der Waals surface area contributed by atoms with Gasteiger partial charge in [-0.1, -0.05) is 156 Å². The lowest BCUT2D eigenvalue weighted by Crippen LogP contribution is -2.50. The minimum absolute atomic E-state index is 0.345. The zero-order valence-electron chi connectivity index (χ0n) is 29.6. The molecule has 0 aliphatic rings. The quantitative estimate of drug-likeness (QED) is 0.0578. The van der Waals surface area contributed by atoms with E-state index in [1.165, 1.54) is 210 Å². The van der Waals surface area contributed by atoms with E-state index >= 15 is 0 Å². The highest BCUT2D eigenvalue weighted by Crippen LogP contribution is 2.20. The van der Waals surface area contributed by atoms with Gasteiger partial charge in [0.25, 0.3) is 0 Å². The molecule has 0 aromatic heterocycles. The van der Waals surface area contributed by atoms with Crippen molar-refractivity contribution in [2.24, 2.45) is 0 Å². The third-order valence-electron chi connectivity index (χ3n) is 9.73. The maximum atomic E-state index is 10.5. The highest BCUT2D eigenvalue weighted by molar-refractivity contribution is 5.66. The molecule has 3 heteroatoms. The molecule has 0 amide bonds. The van der Waals surface area contributed by atoms with Crippen molar-refractivity contribution < 1.29 is 14.4 Å². The standard InChI is InChI=1S/C39H79NO2/c1-4-7-10-30-35-40(36-31-11-8-5-2,37-32-12-9-6-3)38-33-28-26-24-22-20-18-16-14-13-15-17-19-21-23-25-27-29-34-39(41)42/h4-38H2,1-3H3/p+1. The molecule has 0 unspecified atom stereocenters. The van der Waals surface area contributed by atoms with E-state index in [2.05, 4.69) is 20.8 Å². The Hall–Kier alpha value is -0.570. The highest BCUT2D eigenvalue weighted by atomic mass is 16.4. The first-order valence-electron chi connectivity index (χ1n) is 19.7. The number of carboxylic acids is 1. The van der Waals surface area contributed by atoms with Gasteiger partial charge in [-0.3, -0.25) is 4.79 Å². The van der Waals surface area contributed by atoms with Crippen molar-refractivity contribution in [3.05, 3.63) is 0 Å². The third-order valence-corrected chi connectivity index (χ3v) is 9.73. The van der Waals surface area contributed by atoms with Crippen molar-refractivity contribution in [1.29, 1.82) is 0 Å². The SMILES string of the molecule is CCCCCC[N+](CCCCCC)(CCCCCC)CCCCCCCCCCCCCCCCCCCCC(=O)O. The van der Waals surface area contributed by atoms with E-state index in [9.17, 15) is 4.79 Å². The summed E-state index contributed by atoms with van der Waals surface area (Å²) in [5.41, 5.74) is 0. The molecule has 0 aromatic rings. The number of aliphatic carboxylic acids is 1. The summed E-state index contributed by atoms with van der Waals surface area (Å²) in [4.78, 5) is 10.5. The van der Waals surface area contributed by atoms with Gasteiger partial charge in [-0.15, -0.1) is 0 Å². The minimum Gasteiger partial charge on any atom is -0.481 e. The van der Waals surface area contributed by atoms with Crippen LogP contribution in [0, 0.1) is 0 Å². The fourth-order valence-corrected chi connectivity index (χ4v) is 6.84. The van der Waals surface area contributed by atoms with Crippen LogP contribution in [0.25, 0.3) is 0 Å². The molecule has 0 bridgehead atoms. The Balaban J connectivity index is 3.94. The van der Waals surface area contributed by atoms with Crippen molar-refractivity contribution in [3.63, 3.8) is 0 Å². The highest BCUT2D eigenvalue weighted by Gasteiger charge is 2.25. The van der Waals surface area contributed by atoms with Crippen molar-refractivity contribution in [2.75, 3.05) is 26.2 Å². The maximum absolute atomic E-state index is 10.5. The van der Waals surface area contributed by atoms with Gasteiger partial charge in [0.05, 0.1) is 26.2 Å². The van der Waals surface area contributed by atoms with Gasteiger partial charge in [-0.2, -0.15) is 0 Å². The Morgan fingerprint density at radius 1 is 0.357 bits per heavy atom. The molecule has 3 nitrogen and oxygen atoms in total. The first-order valence-corrected chi connectivity index (χ1v) is 19.7. The number of carboxylic acid groups (broad SMARTS) is 1. The van der Waals surface area contributed by atoms with E-state index in [4.69, 9.17) is 5.11 Å². The van der Waals surface area contributed by atoms with Gasteiger partial charge in [0.2, 0.25) is 0 Å². The largest absolute Gasteiger partial charge is 0.481 e. The monoisotopic (exact) mass is 595 g/mol. The molecule has 0 saturated carbocycles. The van der Waals surface area contributed by atoms with Gasteiger partial charge in [0.15, 0.2) is 0 Å². The fourth-order valence-electron chi connectivity index (χ4n) is 6.84. The predicted octanol–water partition coefficient (Wildman–Crippen LogP) is 13.0. The normalized spacial score (nSPS) is 11.9. The van der Waals surface area contributed by atoms with Crippen LogP contribution < -0.4 is 0 Å². The molecule has 42 heavy (non-hydrogen) atoms. The Bertz CT molecular complexity index is 503. The number of rotatable bonds is 36. The molecule has 0 atom stereocenters. The summed E-state index contributed by atoms with van der Waals surface area (Å²) in [5, 5.41) is 8.67. The number of nitrogens with zero attached hydrogens (tertiary/aromatic N) is 1. The first-order chi connectivity index (χ1) is 20.6. The summed E-state index contributed by atoms with van der Waals surface area (Å²) < 4.78 is 1.45. The van der Waals surface area contributed by atoms with Crippen LogP contribution in [0.4, 0.5) is 0 Å². The van der Waals surface area contributed by atoms with E-state index in [0.717, 1.165) is 12.8 Å². The van der Waals surface area contributed by atoms with Crippen LogP contribution in [0.3, 0.4) is 0 Å². The van der Waals surface area contributed by atoms with Gasteiger partial charge in [0.1, 0.15) is 0 Å². The average Bonchev–Trinajstić information content (AvgIpc) is 2.98. The van der Waals surface area contributed by atoms with E-state index < -0.39 is 5.97 Å². The molecular formula is C39H80NO2+.